The van der Waals surface area contributed by atoms with Crippen LogP contribution in [0.1, 0.15) is 16.7 Å². The average Bonchev–Trinajstić information content (AvgIpc) is 3.37. The van der Waals surface area contributed by atoms with Gasteiger partial charge in [-0.25, -0.2) is 14.5 Å². The van der Waals surface area contributed by atoms with Crippen LogP contribution in [0.2, 0.25) is 0 Å². The normalized spacial score (nSPS) is 10.9. The van der Waals surface area contributed by atoms with Crippen LogP contribution in [0.25, 0.3) is 16.9 Å². The van der Waals surface area contributed by atoms with E-state index in [-0.39, 0.29) is 6.03 Å². The van der Waals surface area contributed by atoms with Gasteiger partial charge in [-0.3, -0.25) is 0 Å². The molecule has 0 aliphatic rings. The number of carbonyl (C=O) groups excluding carboxylic acids is 1. The molecule has 2 heterocycles. The number of carbonyl (C=O) groups is 1. The van der Waals surface area contributed by atoms with Gasteiger partial charge in [0.2, 0.25) is 0 Å². The fourth-order valence-corrected chi connectivity index (χ4v) is 3.63. The summed E-state index contributed by atoms with van der Waals surface area (Å²) >= 11 is 0. The number of benzene rings is 2. The average molecular weight is 441 g/mol. The minimum Gasteiger partial charge on any atom is -0.334 e. The molecule has 2 aromatic carbocycles. The minimum atomic E-state index is -0.219. The molecule has 2 N–H and O–H groups in total. The van der Waals surface area contributed by atoms with Crippen LogP contribution < -0.4 is 10.6 Å². The SMILES string of the molecule is CN(C)Cc1ccc(-c2ccccc2CNC(=O)NCc2ccnc(-n3cccn3)c2)cc1. The summed E-state index contributed by atoms with van der Waals surface area (Å²) in [4.78, 5) is 18.9. The number of hydrogen-bond acceptors (Lipinski definition) is 4. The van der Waals surface area contributed by atoms with Crippen LogP contribution in [0.3, 0.4) is 0 Å². The Morgan fingerprint density at radius 1 is 0.909 bits per heavy atom. The van der Waals surface area contributed by atoms with E-state index in [0.717, 1.165) is 28.8 Å². The molecule has 0 bridgehead atoms. The molecule has 4 rings (SSSR count). The maximum absolute atomic E-state index is 12.4. The summed E-state index contributed by atoms with van der Waals surface area (Å²) in [5.41, 5.74) is 5.54. The van der Waals surface area contributed by atoms with Crippen LogP contribution in [-0.2, 0) is 19.6 Å². The quantitative estimate of drug-likeness (QED) is 0.434. The molecular weight excluding hydrogens is 412 g/mol. The van der Waals surface area contributed by atoms with Gasteiger partial charge >= 0.3 is 6.03 Å². The van der Waals surface area contributed by atoms with E-state index in [9.17, 15) is 4.79 Å². The highest BCUT2D eigenvalue weighted by atomic mass is 16.2. The standard InChI is InChI=1S/C26H28N6O/c1-31(2)19-20-8-10-22(11-9-20)24-7-4-3-6-23(24)18-29-26(33)28-17-21-12-14-27-25(16-21)32-15-5-13-30-32/h3-16H,17-19H2,1-2H3,(H2,28,29,33). The van der Waals surface area contributed by atoms with Crippen LogP contribution in [0.15, 0.2) is 85.3 Å². The Morgan fingerprint density at radius 2 is 1.70 bits per heavy atom. The second-order valence-electron chi connectivity index (χ2n) is 8.10. The summed E-state index contributed by atoms with van der Waals surface area (Å²) < 4.78 is 1.69. The smallest absolute Gasteiger partial charge is 0.315 e. The van der Waals surface area contributed by atoms with Gasteiger partial charge < -0.3 is 15.5 Å². The van der Waals surface area contributed by atoms with Crippen molar-refractivity contribution in [1.82, 2.24) is 30.3 Å². The van der Waals surface area contributed by atoms with Gasteiger partial charge in [-0.05, 0) is 60.1 Å². The second kappa shape index (κ2) is 10.6. The van der Waals surface area contributed by atoms with Crippen LogP contribution >= 0.6 is 0 Å². The molecule has 0 spiro atoms. The predicted octanol–water partition coefficient (Wildman–Crippen LogP) is 4.00. The molecule has 7 heteroatoms. The zero-order chi connectivity index (χ0) is 23.0. The Morgan fingerprint density at radius 3 is 2.45 bits per heavy atom. The molecule has 0 unspecified atom stereocenters. The van der Waals surface area contributed by atoms with Crippen LogP contribution in [0.5, 0.6) is 0 Å². The zero-order valence-electron chi connectivity index (χ0n) is 18.9. The fraction of sp³-hybridized carbons (Fsp3) is 0.192. The van der Waals surface area contributed by atoms with E-state index in [2.05, 4.69) is 70.0 Å². The van der Waals surface area contributed by atoms with E-state index in [1.807, 2.05) is 42.6 Å². The fourth-order valence-electron chi connectivity index (χ4n) is 3.63. The lowest BCUT2D eigenvalue weighted by Gasteiger charge is -2.13. The molecule has 0 aliphatic carbocycles. The molecule has 2 aromatic heterocycles. The molecule has 0 atom stereocenters. The highest BCUT2D eigenvalue weighted by Gasteiger charge is 2.08. The maximum Gasteiger partial charge on any atom is 0.315 e. The van der Waals surface area contributed by atoms with E-state index >= 15 is 0 Å². The van der Waals surface area contributed by atoms with Crippen molar-refractivity contribution in [1.29, 1.82) is 0 Å². The van der Waals surface area contributed by atoms with Gasteiger partial charge in [0.1, 0.15) is 0 Å². The van der Waals surface area contributed by atoms with Gasteiger partial charge in [0.05, 0.1) is 0 Å². The maximum atomic E-state index is 12.4. The monoisotopic (exact) mass is 440 g/mol. The van der Waals surface area contributed by atoms with Crippen LogP contribution in [0.4, 0.5) is 4.79 Å². The molecule has 2 amide bonds. The van der Waals surface area contributed by atoms with Crippen molar-refractivity contribution in [3.05, 3.63) is 102 Å². The zero-order valence-corrected chi connectivity index (χ0v) is 18.9. The summed E-state index contributed by atoms with van der Waals surface area (Å²) in [6, 6.07) is 22.1. The first-order chi connectivity index (χ1) is 16.1. The van der Waals surface area contributed by atoms with E-state index in [1.54, 1.807) is 17.1 Å². The van der Waals surface area contributed by atoms with E-state index in [0.29, 0.717) is 18.9 Å². The molecule has 0 aliphatic heterocycles. The van der Waals surface area contributed by atoms with Crippen LogP contribution in [-0.4, -0.2) is 39.8 Å². The summed E-state index contributed by atoms with van der Waals surface area (Å²) in [6.45, 7) is 1.75. The number of pyridine rings is 1. The number of nitrogens with zero attached hydrogens (tertiary/aromatic N) is 4. The Balaban J connectivity index is 1.35. The molecule has 33 heavy (non-hydrogen) atoms. The Bertz CT molecular complexity index is 1190. The van der Waals surface area contributed by atoms with Gasteiger partial charge in [-0.2, -0.15) is 5.10 Å². The minimum absolute atomic E-state index is 0.219. The summed E-state index contributed by atoms with van der Waals surface area (Å²) in [6.07, 6.45) is 5.25. The Hall–Kier alpha value is -3.97. The number of rotatable bonds is 8. The molecule has 4 aromatic rings. The van der Waals surface area contributed by atoms with Crippen molar-refractivity contribution in [3.63, 3.8) is 0 Å². The van der Waals surface area contributed by atoms with Crippen molar-refractivity contribution < 1.29 is 4.79 Å². The van der Waals surface area contributed by atoms with Crippen molar-refractivity contribution >= 4 is 6.03 Å². The molecule has 7 nitrogen and oxygen atoms in total. The summed E-state index contributed by atoms with van der Waals surface area (Å²) in [5.74, 6) is 0.713. The lowest BCUT2D eigenvalue weighted by molar-refractivity contribution is 0.240. The number of urea groups is 1. The molecule has 0 saturated heterocycles. The number of nitrogens with one attached hydrogen (secondary N) is 2. The third-order valence-electron chi connectivity index (χ3n) is 5.22. The first kappa shape index (κ1) is 22.2. The molecule has 0 saturated carbocycles. The Kier molecular flexibility index (Phi) is 7.12. The number of aromatic nitrogens is 3. The second-order valence-corrected chi connectivity index (χ2v) is 8.10. The molecule has 0 radical (unpaired) electrons. The third-order valence-corrected chi connectivity index (χ3v) is 5.22. The number of amides is 2. The van der Waals surface area contributed by atoms with Gasteiger partial charge in [0.15, 0.2) is 5.82 Å². The van der Waals surface area contributed by atoms with E-state index in [4.69, 9.17) is 0 Å². The Labute approximate surface area is 194 Å². The van der Waals surface area contributed by atoms with Crippen molar-refractivity contribution in [2.24, 2.45) is 0 Å². The van der Waals surface area contributed by atoms with Gasteiger partial charge in [0, 0.05) is 38.2 Å². The van der Waals surface area contributed by atoms with Crippen LogP contribution in [0, 0.1) is 0 Å². The molecular formula is C26H28N6O. The van der Waals surface area contributed by atoms with E-state index in [1.165, 1.54) is 5.56 Å². The lowest BCUT2D eigenvalue weighted by Crippen LogP contribution is -2.34. The topological polar surface area (TPSA) is 75.1 Å². The predicted molar refractivity (Wildman–Crippen MR) is 130 cm³/mol. The lowest BCUT2D eigenvalue weighted by atomic mass is 9.98. The summed E-state index contributed by atoms with van der Waals surface area (Å²) in [5, 5.41) is 10.1. The van der Waals surface area contributed by atoms with Gasteiger partial charge in [-0.15, -0.1) is 0 Å². The summed E-state index contributed by atoms with van der Waals surface area (Å²) in [7, 11) is 4.12. The molecule has 168 valence electrons. The van der Waals surface area contributed by atoms with Crippen molar-refractivity contribution in [3.8, 4) is 16.9 Å². The number of hydrogen-bond donors (Lipinski definition) is 2. The highest BCUT2D eigenvalue weighted by Crippen LogP contribution is 2.24. The third kappa shape index (κ3) is 6.05. The first-order valence-corrected chi connectivity index (χ1v) is 10.9. The van der Waals surface area contributed by atoms with Crippen molar-refractivity contribution in [2.75, 3.05) is 14.1 Å². The van der Waals surface area contributed by atoms with E-state index < -0.39 is 0 Å². The van der Waals surface area contributed by atoms with Gasteiger partial charge in [-0.1, -0.05) is 48.5 Å². The molecule has 0 fully saturated rings. The highest BCUT2D eigenvalue weighted by molar-refractivity contribution is 5.75. The van der Waals surface area contributed by atoms with Crippen molar-refractivity contribution in [2.45, 2.75) is 19.6 Å². The van der Waals surface area contributed by atoms with Gasteiger partial charge in [0.25, 0.3) is 0 Å². The largest absolute Gasteiger partial charge is 0.334 e. The first-order valence-electron chi connectivity index (χ1n) is 10.9.